The number of aryl methyl sites for hydroxylation is 1. The zero-order chi connectivity index (χ0) is 19.2. The lowest BCUT2D eigenvalue weighted by Crippen LogP contribution is -2.07. The molecule has 3 aromatic rings. The molecule has 0 radical (unpaired) electrons. The number of halogens is 2. The molecule has 0 amide bonds. The Balaban J connectivity index is 1.73. The van der Waals surface area contributed by atoms with Crippen LogP contribution in [0.1, 0.15) is 17.0 Å². The largest absolute Gasteiger partial charge is 0.484 e. The van der Waals surface area contributed by atoms with Gasteiger partial charge < -0.3 is 4.74 Å². The van der Waals surface area contributed by atoms with Crippen LogP contribution >= 0.6 is 35.0 Å². The summed E-state index contributed by atoms with van der Waals surface area (Å²) in [5.41, 5.74) is 2.14. The van der Waals surface area contributed by atoms with Gasteiger partial charge in [-0.25, -0.2) is 0 Å². The van der Waals surface area contributed by atoms with E-state index in [0.29, 0.717) is 28.9 Å². The second kappa shape index (κ2) is 9.31. The number of hydrogen-bond acceptors (Lipinski definition) is 4. The summed E-state index contributed by atoms with van der Waals surface area (Å²) in [4.78, 5) is 0. The number of ether oxygens (including phenoxy) is 1. The summed E-state index contributed by atoms with van der Waals surface area (Å²) >= 11 is 14.0. The number of nitrogens with zero attached hydrogens (tertiary/aromatic N) is 3. The Bertz CT molecular complexity index is 943. The molecule has 0 saturated heterocycles. The molecular formula is C20H19Cl2N3OS. The van der Waals surface area contributed by atoms with E-state index in [1.165, 1.54) is 0 Å². The Morgan fingerprint density at radius 2 is 1.96 bits per heavy atom. The van der Waals surface area contributed by atoms with Crippen LogP contribution in [-0.4, -0.2) is 14.8 Å². The fourth-order valence-corrected chi connectivity index (χ4v) is 3.89. The Morgan fingerprint density at radius 1 is 1.15 bits per heavy atom. The zero-order valence-electron chi connectivity index (χ0n) is 14.9. The van der Waals surface area contributed by atoms with E-state index < -0.39 is 0 Å². The summed E-state index contributed by atoms with van der Waals surface area (Å²) in [6.07, 6.45) is 1.81. The highest BCUT2D eigenvalue weighted by atomic mass is 35.5. The van der Waals surface area contributed by atoms with Crippen molar-refractivity contribution in [3.8, 4) is 5.75 Å². The molecule has 4 nitrogen and oxygen atoms in total. The summed E-state index contributed by atoms with van der Waals surface area (Å²) in [5.74, 6) is 2.06. The van der Waals surface area contributed by atoms with Crippen molar-refractivity contribution in [1.82, 2.24) is 14.8 Å². The molecule has 0 saturated carbocycles. The van der Waals surface area contributed by atoms with Gasteiger partial charge in [0.25, 0.3) is 0 Å². The summed E-state index contributed by atoms with van der Waals surface area (Å²) in [6, 6.07) is 13.5. The first kappa shape index (κ1) is 19.8. The van der Waals surface area contributed by atoms with Crippen LogP contribution in [0.25, 0.3) is 0 Å². The third-order valence-electron chi connectivity index (χ3n) is 3.86. The smallest absolute Gasteiger partial charge is 0.191 e. The lowest BCUT2D eigenvalue weighted by atomic mass is 10.2. The first-order valence-electron chi connectivity index (χ1n) is 8.36. The van der Waals surface area contributed by atoms with Crippen LogP contribution in [0.15, 0.2) is 60.3 Å². The number of thioether (sulfide) groups is 1. The first-order valence-corrected chi connectivity index (χ1v) is 10.1. The highest BCUT2D eigenvalue weighted by Gasteiger charge is 2.14. The zero-order valence-corrected chi connectivity index (χ0v) is 17.2. The van der Waals surface area contributed by atoms with Crippen molar-refractivity contribution in [3.05, 3.63) is 82.1 Å². The molecule has 27 heavy (non-hydrogen) atoms. The molecule has 0 aliphatic carbocycles. The van der Waals surface area contributed by atoms with Gasteiger partial charge in [-0.1, -0.05) is 65.3 Å². The fourth-order valence-electron chi connectivity index (χ4n) is 2.47. The maximum atomic E-state index is 6.24. The fraction of sp³-hybridized carbons (Fsp3) is 0.200. The molecule has 0 spiro atoms. The minimum absolute atomic E-state index is 0.274. The normalized spacial score (nSPS) is 10.8. The molecule has 0 bridgehead atoms. The Morgan fingerprint density at radius 3 is 2.74 bits per heavy atom. The van der Waals surface area contributed by atoms with E-state index >= 15 is 0 Å². The molecule has 1 heterocycles. The van der Waals surface area contributed by atoms with Crippen molar-refractivity contribution >= 4 is 35.0 Å². The minimum atomic E-state index is 0.274. The number of benzene rings is 2. The van der Waals surface area contributed by atoms with E-state index in [1.807, 2.05) is 60.0 Å². The molecule has 2 aromatic carbocycles. The molecular weight excluding hydrogens is 401 g/mol. The highest BCUT2D eigenvalue weighted by Crippen LogP contribution is 2.28. The Labute approximate surface area is 173 Å². The van der Waals surface area contributed by atoms with Crippen LogP contribution in [-0.2, 0) is 18.9 Å². The van der Waals surface area contributed by atoms with Gasteiger partial charge in [-0.3, -0.25) is 4.57 Å². The monoisotopic (exact) mass is 419 g/mol. The number of allylic oxidation sites excluding steroid dienone is 1. The molecule has 0 atom stereocenters. The van der Waals surface area contributed by atoms with Gasteiger partial charge in [-0.15, -0.1) is 16.8 Å². The van der Waals surface area contributed by atoms with Crippen molar-refractivity contribution in [2.45, 2.75) is 31.0 Å². The molecule has 0 aliphatic rings. The SMILES string of the molecule is C=CCn1c(COc2cc(C)ccc2Cl)nnc1SCc1ccccc1Cl. The average molecular weight is 420 g/mol. The number of rotatable bonds is 8. The molecule has 3 rings (SSSR count). The van der Waals surface area contributed by atoms with Gasteiger partial charge >= 0.3 is 0 Å². The predicted molar refractivity (Wildman–Crippen MR) is 112 cm³/mol. The average Bonchev–Trinajstić information content (AvgIpc) is 3.04. The highest BCUT2D eigenvalue weighted by molar-refractivity contribution is 7.98. The Hall–Kier alpha value is -1.95. The van der Waals surface area contributed by atoms with Crippen molar-refractivity contribution in [3.63, 3.8) is 0 Å². The van der Waals surface area contributed by atoms with E-state index in [1.54, 1.807) is 11.8 Å². The van der Waals surface area contributed by atoms with Crippen molar-refractivity contribution in [2.75, 3.05) is 0 Å². The van der Waals surface area contributed by atoms with Crippen molar-refractivity contribution in [2.24, 2.45) is 0 Å². The second-order valence-electron chi connectivity index (χ2n) is 5.90. The third-order valence-corrected chi connectivity index (χ3v) is 5.56. The van der Waals surface area contributed by atoms with E-state index in [-0.39, 0.29) is 6.61 Å². The molecule has 0 N–H and O–H groups in total. The van der Waals surface area contributed by atoms with Gasteiger partial charge in [0.1, 0.15) is 12.4 Å². The van der Waals surface area contributed by atoms with Crippen LogP contribution in [0, 0.1) is 6.92 Å². The van der Waals surface area contributed by atoms with E-state index in [0.717, 1.165) is 21.3 Å². The standard InChI is InChI=1S/C20H19Cl2N3OS/c1-3-10-25-19(12-26-18-11-14(2)8-9-17(18)22)23-24-20(25)27-13-15-6-4-5-7-16(15)21/h3-9,11H,1,10,12-13H2,2H3. The number of aromatic nitrogens is 3. The molecule has 0 fully saturated rings. The lowest BCUT2D eigenvalue weighted by Gasteiger charge is -2.11. The molecule has 7 heteroatoms. The van der Waals surface area contributed by atoms with E-state index in [2.05, 4.69) is 16.8 Å². The van der Waals surface area contributed by atoms with Crippen molar-refractivity contribution < 1.29 is 4.74 Å². The first-order chi connectivity index (χ1) is 13.1. The van der Waals surface area contributed by atoms with Crippen molar-refractivity contribution in [1.29, 1.82) is 0 Å². The van der Waals surface area contributed by atoms with E-state index in [4.69, 9.17) is 27.9 Å². The molecule has 0 unspecified atom stereocenters. The second-order valence-corrected chi connectivity index (χ2v) is 7.66. The summed E-state index contributed by atoms with van der Waals surface area (Å²) in [5, 5.41) is 10.7. The Kier molecular flexibility index (Phi) is 6.83. The number of hydrogen-bond donors (Lipinski definition) is 0. The maximum Gasteiger partial charge on any atom is 0.191 e. The van der Waals surface area contributed by atoms with Crippen LogP contribution in [0.4, 0.5) is 0 Å². The summed E-state index contributed by atoms with van der Waals surface area (Å²) in [7, 11) is 0. The van der Waals surface area contributed by atoms with Gasteiger partial charge in [0, 0.05) is 17.3 Å². The molecule has 1 aromatic heterocycles. The third kappa shape index (κ3) is 5.06. The van der Waals surface area contributed by atoms with Crippen LogP contribution in [0.5, 0.6) is 5.75 Å². The summed E-state index contributed by atoms with van der Waals surface area (Å²) < 4.78 is 7.85. The van der Waals surface area contributed by atoms with Gasteiger partial charge in [0.2, 0.25) is 0 Å². The molecule has 140 valence electrons. The van der Waals surface area contributed by atoms with E-state index in [9.17, 15) is 0 Å². The maximum absolute atomic E-state index is 6.24. The minimum Gasteiger partial charge on any atom is -0.484 e. The van der Waals surface area contributed by atoms with Crippen LogP contribution < -0.4 is 4.74 Å². The van der Waals surface area contributed by atoms with Gasteiger partial charge in [0.15, 0.2) is 11.0 Å². The molecule has 0 aliphatic heterocycles. The summed E-state index contributed by atoms with van der Waals surface area (Å²) in [6.45, 7) is 6.69. The van der Waals surface area contributed by atoms with Gasteiger partial charge in [-0.2, -0.15) is 0 Å². The lowest BCUT2D eigenvalue weighted by molar-refractivity contribution is 0.289. The predicted octanol–water partition coefficient (Wildman–Crippen LogP) is 5.95. The quantitative estimate of drug-likeness (QED) is 0.334. The van der Waals surface area contributed by atoms with Crippen LogP contribution in [0.3, 0.4) is 0 Å². The topological polar surface area (TPSA) is 39.9 Å². The van der Waals surface area contributed by atoms with Gasteiger partial charge in [-0.05, 0) is 36.2 Å². The van der Waals surface area contributed by atoms with Crippen LogP contribution in [0.2, 0.25) is 10.0 Å². The van der Waals surface area contributed by atoms with Gasteiger partial charge in [0.05, 0.1) is 5.02 Å².